The lowest BCUT2D eigenvalue weighted by atomic mass is 9.90. The van der Waals surface area contributed by atoms with Gasteiger partial charge in [0, 0.05) is 0 Å². The molecule has 0 spiro atoms. The Morgan fingerprint density at radius 2 is 2.00 bits per heavy atom. The Morgan fingerprint density at radius 1 is 1.29 bits per heavy atom. The molecule has 1 saturated heterocycles. The third kappa shape index (κ3) is 1.98. The molecule has 1 aliphatic heterocycles. The van der Waals surface area contributed by atoms with E-state index in [1.165, 1.54) is 0 Å². The largest absolute Gasteiger partial charge is 0.317 e. The Balaban J connectivity index is 2.26. The van der Waals surface area contributed by atoms with E-state index in [-0.39, 0.29) is 5.82 Å². The van der Waals surface area contributed by atoms with Crippen molar-refractivity contribution in [2.24, 2.45) is 0 Å². The van der Waals surface area contributed by atoms with Crippen LogP contribution in [-0.2, 0) is 0 Å². The fourth-order valence-corrected chi connectivity index (χ4v) is 2.35. The van der Waals surface area contributed by atoms with E-state index < -0.39 is 0 Å². The van der Waals surface area contributed by atoms with Crippen molar-refractivity contribution in [3.8, 4) is 0 Å². The zero-order valence-electron chi connectivity index (χ0n) is 7.89. The van der Waals surface area contributed by atoms with Gasteiger partial charge in [-0.1, -0.05) is 12.1 Å². The van der Waals surface area contributed by atoms with Gasteiger partial charge in [-0.15, -0.1) is 0 Å². The molecule has 1 aliphatic rings. The highest BCUT2D eigenvalue weighted by molar-refractivity contribution is 9.10. The summed E-state index contributed by atoms with van der Waals surface area (Å²) >= 11 is 3.22. The summed E-state index contributed by atoms with van der Waals surface area (Å²) in [7, 11) is 0. The van der Waals surface area contributed by atoms with Crippen LogP contribution in [0.3, 0.4) is 0 Å². The van der Waals surface area contributed by atoms with Crippen molar-refractivity contribution < 1.29 is 4.39 Å². The molecule has 1 N–H and O–H groups in total. The van der Waals surface area contributed by atoms with Gasteiger partial charge in [-0.3, -0.25) is 0 Å². The van der Waals surface area contributed by atoms with Gasteiger partial charge in [0.05, 0.1) is 4.47 Å². The van der Waals surface area contributed by atoms with Gasteiger partial charge in [-0.05, 0) is 59.4 Å². The summed E-state index contributed by atoms with van der Waals surface area (Å²) in [5.74, 6) is 0.299. The maximum Gasteiger partial charge on any atom is 0.140 e. The van der Waals surface area contributed by atoms with Crippen LogP contribution in [-0.4, -0.2) is 13.1 Å². The smallest absolute Gasteiger partial charge is 0.140 e. The first-order valence-electron chi connectivity index (χ1n) is 4.93. The SMILES string of the molecule is Fc1c(Br)cccc1C1CCNCC1. The molecule has 1 fully saturated rings. The average Bonchev–Trinajstić information content (AvgIpc) is 2.23. The van der Waals surface area contributed by atoms with Crippen molar-refractivity contribution in [1.29, 1.82) is 0 Å². The fourth-order valence-electron chi connectivity index (χ4n) is 1.97. The molecule has 0 saturated carbocycles. The zero-order chi connectivity index (χ0) is 9.97. The number of hydrogen-bond donors (Lipinski definition) is 1. The molecule has 0 amide bonds. The zero-order valence-corrected chi connectivity index (χ0v) is 9.48. The first-order chi connectivity index (χ1) is 6.79. The van der Waals surface area contributed by atoms with Gasteiger partial charge in [0.25, 0.3) is 0 Å². The lowest BCUT2D eigenvalue weighted by Gasteiger charge is -2.23. The van der Waals surface area contributed by atoms with Gasteiger partial charge >= 0.3 is 0 Å². The lowest BCUT2D eigenvalue weighted by molar-refractivity contribution is 0.444. The van der Waals surface area contributed by atoms with Crippen LogP contribution < -0.4 is 5.32 Å². The Hall–Kier alpha value is -0.410. The first-order valence-corrected chi connectivity index (χ1v) is 5.73. The second-order valence-electron chi connectivity index (χ2n) is 3.67. The predicted octanol–water partition coefficient (Wildman–Crippen LogP) is 3.06. The normalized spacial score (nSPS) is 18.4. The fraction of sp³-hybridized carbons (Fsp3) is 0.455. The number of hydrogen-bond acceptors (Lipinski definition) is 1. The van der Waals surface area contributed by atoms with Crippen LogP contribution >= 0.6 is 15.9 Å². The molecular formula is C11H13BrFN. The molecule has 76 valence electrons. The first kappa shape index (κ1) is 10.1. The quantitative estimate of drug-likeness (QED) is 0.816. The van der Waals surface area contributed by atoms with E-state index in [1.54, 1.807) is 6.07 Å². The number of benzene rings is 1. The summed E-state index contributed by atoms with van der Waals surface area (Å²) in [6.45, 7) is 1.99. The van der Waals surface area contributed by atoms with Gasteiger partial charge in [-0.2, -0.15) is 0 Å². The van der Waals surface area contributed by atoms with Crippen LogP contribution in [0.15, 0.2) is 22.7 Å². The van der Waals surface area contributed by atoms with Crippen molar-refractivity contribution in [1.82, 2.24) is 5.32 Å². The number of piperidine rings is 1. The second kappa shape index (κ2) is 4.41. The molecule has 0 bridgehead atoms. The average molecular weight is 258 g/mol. The molecule has 1 aromatic carbocycles. The van der Waals surface area contributed by atoms with Crippen molar-refractivity contribution in [3.63, 3.8) is 0 Å². The summed E-state index contributed by atoms with van der Waals surface area (Å²) in [5.41, 5.74) is 0.862. The van der Waals surface area contributed by atoms with E-state index in [0.717, 1.165) is 31.5 Å². The molecule has 0 aliphatic carbocycles. The Kier molecular flexibility index (Phi) is 3.19. The molecule has 14 heavy (non-hydrogen) atoms. The topological polar surface area (TPSA) is 12.0 Å². The van der Waals surface area contributed by atoms with E-state index in [9.17, 15) is 4.39 Å². The molecule has 1 heterocycles. The molecule has 0 radical (unpaired) electrons. The van der Waals surface area contributed by atoms with Crippen molar-refractivity contribution in [3.05, 3.63) is 34.1 Å². The summed E-state index contributed by atoms with van der Waals surface area (Å²) < 4.78 is 14.3. The molecule has 2 rings (SSSR count). The van der Waals surface area contributed by atoms with E-state index in [0.29, 0.717) is 10.4 Å². The summed E-state index contributed by atoms with van der Waals surface area (Å²) in [6, 6.07) is 5.56. The summed E-state index contributed by atoms with van der Waals surface area (Å²) in [6.07, 6.45) is 2.07. The van der Waals surface area contributed by atoms with Crippen LogP contribution in [0.2, 0.25) is 0 Å². The van der Waals surface area contributed by atoms with Gasteiger partial charge in [0.2, 0.25) is 0 Å². The molecular weight excluding hydrogens is 245 g/mol. The van der Waals surface area contributed by atoms with Crippen LogP contribution in [0, 0.1) is 5.82 Å². The second-order valence-corrected chi connectivity index (χ2v) is 4.52. The standard InChI is InChI=1S/C11H13BrFN/c12-10-3-1-2-9(11(10)13)8-4-6-14-7-5-8/h1-3,8,14H,4-7H2. The van der Waals surface area contributed by atoms with Gasteiger partial charge in [0.15, 0.2) is 0 Å². The summed E-state index contributed by atoms with van der Waals surface area (Å²) in [4.78, 5) is 0. The minimum atomic E-state index is -0.0839. The third-order valence-electron chi connectivity index (χ3n) is 2.76. The van der Waals surface area contributed by atoms with E-state index in [4.69, 9.17) is 0 Å². The molecule has 0 atom stereocenters. The van der Waals surface area contributed by atoms with Crippen LogP contribution in [0.4, 0.5) is 4.39 Å². The van der Waals surface area contributed by atoms with E-state index >= 15 is 0 Å². The number of halogens is 2. The molecule has 1 nitrogen and oxygen atoms in total. The highest BCUT2D eigenvalue weighted by atomic mass is 79.9. The van der Waals surface area contributed by atoms with Crippen LogP contribution in [0.5, 0.6) is 0 Å². The Morgan fingerprint density at radius 3 is 2.71 bits per heavy atom. The van der Waals surface area contributed by atoms with Crippen molar-refractivity contribution >= 4 is 15.9 Å². The molecule has 0 aromatic heterocycles. The van der Waals surface area contributed by atoms with Crippen LogP contribution in [0.25, 0.3) is 0 Å². The maximum absolute atomic E-state index is 13.7. The number of nitrogens with one attached hydrogen (secondary N) is 1. The van der Waals surface area contributed by atoms with Crippen molar-refractivity contribution in [2.75, 3.05) is 13.1 Å². The Bertz CT molecular complexity index is 321. The lowest BCUT2D eigenvalue weighted by Crippen LogP contribution is -2.27. The monoisotopic (exact) mass is 257 g/mol. The molecule has 0 unspecified atom stereocenters. The predicted molar refractivity (Wildman–Crippen MR) is 58.9 cm³/mol. The van der Waals surface area contributed by atoms with Crippen molar-refractivity contribution in [2.45, 2.75) is 18.8 Å². The highest BCUT2D eigenvalue weighted by Crippen LogP contribution is 2.30. The number of rotatable bonds is 1. The highest BCUT2D eigenvalue weighted by Gasteiger charge is 2.19. The molecule has 3 heteroatoms. The minimum Gasteiger partial charge on any atom is -0.317 e. The third-order valence-corrected chi connectivity index (χ3v) is 3.37. The maximum atomic E-state index is 13.7. The van der Waals surface area contributed by atoms with E-state index in [1.807, 2.05) is 12.1 Å². The van der Waals surface area contributed by atoms with Crippen LogP contribution in [0.1, 0.15) is 24.3 Å². The van der Waals surface area contributed by atoms with Gasteiger partial charge in [-0.25, -0.2) is 4.39 Å². The Labute approximate surface area is 91.8 Å². The molecule has 1 aromatic rings. The van der Waals surface area contributed by atoms with Gasteiger partial charge in [0.1, 0.15) is 5.82 Å². The minimum absolute atomic E-state index is 0.0839. The van der Waals surface area contributed by atoms with Gasteiger partial charge < -0.3 is 5.32 Å². The summed E-state index contributed by atoms with van der Waals surface area (Å²) in [5, 5.41) is 3.28. The van der Waals surface area contributed by atoms with E-state index in [2.05, 4.69) is 21.2 Å².